The summed E-state index contributed by atoms with van der Waals surface area (Å²) in [6.07, 6.45) is 0.265. The molecule has 0 aliphatic carbocycles. The van der Waals surface area contributed by atoms with Crippen LogP contribution < -0.4 is 34.7 Å². The summed E-state index contributed by atoms with van der Waals surface area (Å²) in [7, 11) is 0. The van der Waals surface area contributed by atoms with Crippen molar-refractivity contribution in [3.05, 3.63) is 35.9 Å². The molecule has 0 heterocycles. The Balaban J connectivity index is 0.00000196. The Morgan fingerprint density at radius 1 is 1.47 bits per heavy atom. The van der Waals surface area contributed by atoms with Gasteiger partial charge in [0, 0.05) is 0 Å². The second-order valence-electron chi connectivity index (χ2n) is 2.98. The molecule has 1 N–H and O–H groups in total. The largest absolute Gasteiger partial charge is 1.00 e. The normalized spacial score (nSPS) is 14.2. The smallest absolute Gasteiger partial charge is 0.864 e. The van der Waals surface area contributed by atoms with Gasteiger partial charge >= 0.3 is 35.5 Å². The van der Waals surface area contributed by atoms with E-state index in [1.54, 1.807) is 30.3 Å². The Labute approximate surface area is 110 Å². The molecule has 4 nitrogen and oxygen atoms in total. The van der Waals surface area contributed by atoms with Gasteiger partial charge < -0.3 is 10.2 Å². The number of aliphatic imine (C=N–C) groups is 1. The van der Waals surface area contributed by atoms with Crippen LogP contribution in [-0.4, -0.2) is 17.5 Å². The minimum absolute atomic E-state index is 0. The molecule has 0 fully saturated rings. The van der Waals surface area contributed by atoms with E-state index in [1.807, 2.05) is 0 Å². The van der Waals surface area contributed by atoms with Gasteiger partial charge in [0.1, 0.15) is 0 Å². The minimum atomic E-state index is -1.48. The first kappa shape index (κ1) is 14.2. The van der Waals surface area contributed by atoms with Crippen molar-refractivity contribution in [2.75, 3.05) is 0 Å². The zero-order valence-corrected chi connectivity index (χ0v) is 10.7. The Kier molecular flexibility index (Phi) is 5.57. The van der Waals surface area contributed by atoms with E-state index in [0.29, 0.717) is 5.56 Å². The van der Waals surface area contributed by atoms with E-state index < -0.39 is 11.5 Å². The second-order valence-corrected chi connectivity index (χ2v) is 2.98. The standard InChI is InChI=1S/C10H11NO3.Na/c1-10(9(13)14,11-7-12)8-5-3-2-4-6-8;/h2-7H,1H3,(H,11,12)(H,13,14);/q;+1/p-1/t10-;/m0./s1. The fourth-order valence-electron chi connectivity index (χ4n) is 1.12. The number of carboxylic acids is 1. The van der Waals surface area contributed by atoms with Gasteiger partial charge in [0.05, 0.1) is 0 Å². The maximum atomic E-state index is 11.0. The zero-order chi connectivity index (χ0) is 10.6. The van der Waals surface area contributed by atoms with E-state index in [1.165, 1.54) is 6.92 Å². The average Bonchev–Trinajstić information content (AvgIpc) is 2.19. The molecular weight excluding hydrogens is 205 g/mol. The van der Waals surface area contributed by atoms with Crippen molar-refractivity contribution < 1.29 is 44.6 Å². The number of aliphatic carboxylic acids is 1. The van der Waals surface area contributed by atoms with Crippen molar-refractivity contribution >= 4 is 12.4 Å². The molecule has 1 atom stereocenters. The fraction of sp³-hybridized carbons (Fsp3) is 0.200. The first-order valence-electron chi connectivity index (χ1n) is 4.06. The third-order valence-corrected chi connectivity index (χ3v) is 2.06. The van der Waals surface area contributed by atoms with Crippen molar-refractivity contribution in [1.82, 2.24) is 0 Å². The zero-order valence-electron chi connectivity index (χ0n) is 8.68. The van der Waals surface area contributed by atoms with Gasteiger partial charge in [-0.15, -0.1) is 0 Å². The van der Waals surface area contributed by atoms with Crippen molar-refractivity contribution in [2.24, 2.45) is 4.99 Å². The van der Waals surface area contributed by atoms with Crippen LogP contribution >= 0.6 is 0 Å². The fourth-order valence-corrected chi connectivity index (χ4v) is 1.12. The molecule has 15 heavy (non-hydrogen) atoms. The molecule has 1 aromatic carbocycles. The Morgan fingerprint density at radius 3 is 2.40 bits per heavy atom. The van der Waals surface area contributed by atoms with Crippen molar-refractivity contribution in [3.63, 3.8) is 0 Å². The van der Waals surface area contributed by atoms with Gasteiger partial charge in [-0.2, -0.15) is 0 Å². The average molecular weight is 215 g/mol. The van der Waals surface area contributed by atoms with Crippen LogP contribution in [0.5, 0.6) is 0 Å². The summed E-state index contributed by atoms with van der Waals surface area (Å²) in [6.45, 7) is 1.39. The summed E-state index contributed by atoms with van der Waals surface area (Å²) in [4.78, 5) is 14.4. The summed E-state index contributed by atoms with van der Waals surface area (Å²) < 4.78 is 0. The third kappa shape index (κ3) is 3.06. The SMILES string of the molecule is C[C@@](N=C[O-])(C(=O)O)c1ccccc1.[Na+]. The van der Waals surface area contributed by atoms with Crippen LogP contribution in [0.1, 0.15) is 12.5 Å². The first-order valence-corrected chi connectivity index (χ1v) is 4.06. The van der Waals surface area contributed by atoms with E-state index in [9.17, 15) is 9.90 Å². The monoisotopic (exact) mass is 215 g/mol. The molecule has 1 rings (SSSR count). The maximum Gasteiger partial charge on any atom is 1.00 e. The molecule has 0 bridgehead atoms. The number of rotatable bonds is 3. The van der Waals surface area contributed by atoms with Gasteiger partial charge in [-0.05, 0) is 12.5 Å². The quantitative estimate of drug-likeness (QED) is 0.341. The minimum Gasteiger partial charge on any atom is -0.864 e. The Bertz CT molecular complexity index is 353. The first-order chi connectivity index (χ1) is 6.61. The van der Waals surface area contributed by atoms with Gasteiger partial charge in [0.25, 0.3) is 0 Å². The number of benzene rings is 1. The van der Waals surface area contributed by atoms with Crippen LogP contribution in [0.25, 0.3) is 0 Å². The molecular formula is C10H10NNaO3. The van der Waals surface area contributed by atoms with Crippen molar-refractivity contribution in [2.45, 2.75) is 12.5 Å². The van der Waals surface area contributed by atoms with Crippen molar-refractivity contribution in [1.29, 1.82) is 0 Å². The molecule has 0 saturated heterocycles. The Hall–Kier alpha value is -0.840. The number of hydrogen-bond acceptors (Lipinski definition) is 3. The van der Waals surface area contributed by atoms with Crippen LogP contribution in [0.3, 0.4) is 0 Å². The third-order valence-electron chi connectivity index (χ3n) is 2.06. The molecule has 0 spiro atoms. The summed E-state index contributed by atoms with van der Waals surface area (Å²) in [6, 6.07) is 8.43. The Morgan fingerprint density at radius 2 is 2.00 bits per heavy atom. The van der Waals surface area contributed by atoms with Crippen LogP contribution in [0.15, 0.2) is 35.3 Å². The summed E-state index contributed by atoms with van der Waals surface area (Å²) in [5.74, 6) is -1.14. The van der Waals surface area contributed by atoms with Gasteiger partial charge in [0.15, 0.2) is 5.54 Å². The van der Waals surface area contributed by atoms with E-state index in [4.69, 9.17) is 5.11 Å². The molecule has 0 radical (unpaired) electrons. The molecule has 0 unspecified atom stereocenters. The van der Waals surface area contributed by atoms with E-state index in [0.717, 1.165) is 0 Å². The van der Waals surface area contributed by atoms with Gasteiger partial charge in [-0.25, -0.2) is 4.79 Å². The van der Waals surface area contributed by atoms with Gasteiger partial charge in [0.2, 0.25) is 0 Å². The van der Waals surface area contributed by atoms with E-state index >= 15 is 0 Å². The molecule has 0 aromatic heterocycles. The number of nitrogens with zero attached hydrogens (tertiary/aromatic N) is 1. The molecule has 0 aliphatic rings. The number of carbonyl (C=O) groups is 1. The second kappa shape index (κ2) is 5.90. The van der Waals surface area contributed by atoms with Crippen LogP contribution in [0.2, 0.25) is 0 Å². The summed E-state index contributed by atoms with van der Waals surface area (Å²) in [5.41, 5.74) is -0.997. The predicted molar refractivity (Wildman–Crippen MR) is 49.9 cm³/mol. The van der Waals surface area contributed by atoms with Gasteiger partial charge in [-0.1, -0.05) is 36.7 Å². The molecule has 0 aliphatic heterocycles. The maximum absolute atomic E-state index is 11.0. The summed E-state index contributed by atoms with van der Waals surface area (Å²) >= 11 is 0. The number of carboxylic acid groups (broad SMARTS) is 1. The molecule has 5 heteroatoms. The van der Waals surface area contributed by atoms with Crippen LogP contribution in [0.4, 0.5) is 0 Å². The molecule has 0 saturated carbocycles. The topological polar surface area (TPSA) is 72.7 Å². The van der Waals surface area contributed by atoms with Crippen LogP contribution in [-0.2, 0) is 10.3 Å². The predicted octanol–water partition coefficient (Wildman–Crippen LogP) is -2.62. The van der Waals surface area contributed by atoms with E-state index in [-0.39, 0.29) is 36.0 Å². The van der Waals surface area contributed by atoms with Gasteiger partial charge in [-0.3, -0.25) is 4.99 Å². The molecule has 74 valence electrons. The molecule has 1 aromatic rings. The number of hydrogen-bond donors (Lipinski definition) is 1. The molecule has 0 amide bonds. The van der Waals surface area contributed by atoms with Crippen LogP contribution in [0, 0.1) is 0 Å². The van der Waals surface area contributed by atoms with Crippen molar-refractivity contribution in [3.8, 4) is 0 Å². The van der Waals surface area contributed by atoms with E-state index in [2.05, 4.69) is 4.99 Å². The summed E-state index contributed by atoms with van der Waals surface area (Å²) in [5, 5.41) is 19.2.